The predicted molar refractivity (Wildman–Crippen MR) is 143 cm³/mol. The van der Waals surface area contributed by atoms with Crippen LogP contribution in [0.15, 0.2) is 73.6 Å². The van der Waals surface area contributed by atoms with Crippen molar-refractivity contribution in [2.45, 2.75) is 25.3 Å². The second-order valence-electron chi connectivity index (χ2n) is 8.96. The maximum Gasteiger partial charge on any atom is 0.246 e. The molecule has 10 nitrogen and oxygen atoms in total. The molecule has 38 heavy (non-hydrogen) atoms. The molecule has 10 heteroatoms. The molecule has 1 aliphatic heterocycles. The van der Waals surface area contributed by atoms with E-state index in [9.17, 15) is 14.7 Å². The third kappa shape index (κ3) is 5.25. The van der Waals surface area contributed by atoms with Gasteiger partial charge in [0.15, 0.2) is 5.65 Å². The molecule has 0 aliphatic carbocycles. The molecule has 3 heterocycles. The molecule has 1 saturated heterocycles. The summed E-state index contributed by atoms with van der Waals surface area (Å²) in [6.07, 6.45) is 4.28. The number of rotatable bonds is 8. The van der Waals surface area contributed by atoms with Gasteiger partial charge < -0.3 is 20.1 Å². The van der Waals surface area contributed by atoms with Gasteiger partial charge in [0.05, 0.1) is 24.5 Å². The van der Waals surface area contributed by atoms with Gasteiger partial charge in [0.25, 0.3) is 0 Å². The molecular weight excluding hydrogens is 484 g/mol. The lowest BCUT2D eigenvalue weighted by molar-refractivity contribution is -0.127. The molecule has 5 rings (SSSR count). The number of carbonyl (C=O) groups excluding carboxylic acids is 2. The summed E-state index contributed by atoms with van der Waals surface area (Å²) in [5.74, 6) is 1.23. The normalized spacial score (nSPS) is 15.3. The summed E-state index contributed by atoms with van der Waals surface area (Å²) >= 11 is 0. The van der Waals surface area contributed by atoms with E-state index in [1.54, 1.807) is 4.90 Å². The monoisotopic (exact) mass is 512 g/mol. The van der Waals surface area contributed by atoms with Crippen molar-refractivity contribution in [3.63, 3.8) is 0 Å². The standard InChI is InChI=1S/C28H28N6O4/c1-2-24(37)33-15-6-7-20(17-33)34-28-25(27(29-18-30-28)31-23(36)14-16-35)26(32-34)19-10-12-22(13-11-19)38-21-8-4-3-5-9-21/h2-5,8-13,18,20,35H,1,6-7,14-17H2,(H,29,30,31,36)/t20-/m1/s1. The average molecular weight is 513 g/mol. The van der Waals surface area contributed by atoms with E-state index in [4.69, 9.17) is 9.84 Å². The van der Waals surface area contributed by atoms with Crippen LogP contribution in [0, 0.1) is 0 Å². The number of aliphatic hydroxyl groups excluding tert-OH is 1. The fraction of sp³-hybridized carbons (Fsp3) is 0.250. The van der Waals surface area contributed by atoms with E-state index in [1.807, 2.05) is 59.3 Å². The smallest absolute Gasteiger partial charge is 0.246 e. The number of piperidine rings is 1. The minimum absolute atomic E-state index is 0.0538. The third-order valence-electron chi connectivity index (χ3n) is 6.42. The van der Waals surface area contributed by atoms with Crippen molar-refractivity contribution in [3.05, 3.63) is 73.6 Å². The highest BCUT2D eigenvalue weighted by molar-refractivity contribution is 6.04. The maximum atomic E-state index is 12.4. The minimum atomic E-state index is -0.363. The van der Waals surface area contributed by atoms with Crippen LogP contribution in [0.5, 0.6) is 11.5 Å². The summed E-state index contributed by atoms with van der Waals surface area (Å²) in [5.41, 5.74) is 1.94. The van der Waals surface area contributed by atoms with Crippen LogP contribution >= 0.6 is 0 Å². The second-order valence-corrected chi connectivity index (χ2v) is 8.96. The molecule has 0 radical (unpaired) electrons. The SMILES string of the molecule is C=CC(=O)N1CCC[C@@H](n2nc(-c3ccc(Oc4ccccc4)cc3)c3c(NC(=O)CCO)ncnc32)C1. The van der Waals surface area contributed by atoms with Crippen LogP contribution in [-0.2, 0) is 9.59 Å². The van der Waals surface area contributed by atoms with Crippen molar-refractivity contribution >= 4 is 28.7 Å². The number of aromatic nitrogens is 4. The van der Waals surface area contributed by atoms with Gasteiger partial charge in [-0.1, -0.05) is 24.8 Å². The Morgan fingerprint density at radius 3 is 2.61 bits per heavy atom. The lowest BCUT2D eigenvalue weighted by Crippen LogP contribution is -2.40. The van der Waals surface area contributed by atoms with Crippen molar-refractivity contribution in [3.8, 4) is 22.8 Å². The molecule has 1 aliphatic rings. The highest BCUT2D eigenvalue weighted by Crippen LogP contribution is 2.35. The molecule has 2 N–H and O–H groups in total. The molecule has 194 valence electrons. The van der Waals surface area contributed by atoms with Gasteiger partial charge in [-0.2, -0.15) is 5.10 Å². The zero-order valence-corrected chi connectivity index (χ0v) is 20.8. The van der Waals surface area contributed by atoms with Crippen molar-refractivity contribution < 1.29 is 19.4 Å². The van der Waals surface area contributed by atoms with Crippen molar-refractivity contribution in [1.82, 2.24) is 24.6 Å². The first-order valence-electron chi connectivity index (χ1n) is 12.5. The summed E-state index contributed by atoms with van der Waals surface area (Å²) in [7, 11) is 0. The van der Waals surface area contributed by atoms with Gasteiger partial charge in [-0.25, -0.2) is 14.6 Å². The Morgan fingerprint density at radius 1 is 1.11 bits per heavy atom. The molecule has 2 amide bonds. The fourth-order valence-electron chi connectivity index (χ4n) is 4.61. The Labute approximate surface area is 219 Å². The number of amides is 2. The summed E-state index contributed by atoms with van der Waals surface area (Å²) in [4.78, 5) is 35.3. The van der Waals surface area contributed by atoms with Crippen LogP contribution in [0.2, 0.25) is 0 Å². The molecular formula is C28H28N6O4. The summed E-state index contributed by atoms with van der Waals surface area (Å²) in [6, 6.07) is 16.9. The Morgan fingerprint density at radius 2 is 1.87 bits per heavy atom. The van der Waals surface area contributed by atoms with Crippen LogP contribution in [0.3, 0.4) is 0 Å². The molecule has 2 aromatic heterocycles. The number of para-hydroxylation sites is 1. The second kappa shape index (κ2) is 11.2. The number of hydrogen-bond donors (Lipinski definition) is 2. The molecule has 1 fully saturated rings. The first-order valence-corrected chi connectivity index (χ1v) is 12.5. The number of likely N-dealkylation sites (tertiary alicyclic amines) is 1. The van der Waals surface area contributed by atoms with Crippen LogP contribution in [-0.4, -0.2) is 61.3 Å². The van der Waals surface area contributed by atoms with Gasteiger partial charge in [-0.05, 0) is 55.3 Å². The number of ether oxygens (including phenoxy) is 1. The predicted octanol–water partition coefficient (Wildman–Crippen LogP) is 3.96. The van der Waals surface area contributed by atoms with E-state index in [2.05, 4.69) is 21.9 Å². The van der Waals surface area contributed by atoms with Gasteiger partial charge >= 0.3 is 0 Å². The summed E-state index contributed by atoms with van der Waals surface area (Å²) < 4.78 is 7.75. The van der Waals surface area contributed by atoms with E-state index in [0.29, 0.717) is 41.4 Å². The Bertz CT molecular complexity index is 1450. The first-order chi connectivity index (χ1) is 18.6. The highest BCUT2D eigenvalue weighted by atomic mass is 16.5. The van der Waals surface area contributed by atoms with E-state index in [0.717, 1.165) is 24.2 Å². The van der Waals surface area contributed by atoms with Crippen LogP contribution in [0.4, 0.5) is 5.82 Å². The zero-order valence-electron chi connectivity index (χ0n) is 20.8. The van der Waals surface area contributed by atoms with Crippen molar-refractivity contribution in [2.75, 3.05) is 25.0 Å². The zero-order chi connectivity index (χ0) is 26.5. The number of hydrogen-bond acceptors (Lipinski definition) is 7. The topological polar surface area (TPSA) is 122 Å². The van der Waals surface area contributed by atoms with Crippen molar-refractivity contribution in [2.24, 2.45) is 0 Å². The third-order valence-corrected chi connectivity index (χ3v) is 6.42. The molecule has 4 aromatic rings. The van der Waals surface area contributed by atoms with E-state index < -0.39 is 0 Å². The maximum absolute atomic E-state index is 12.4. The summed E-state index contributed by atoms with van der Waals surface area (Å²) in [5, 5.41) is 17.5. The van der Waals surface area contributed by atoms with Crippen molar-refractivity contribution in [1.29, 1.82) is 0 Å². The Balaban J connectivity index is 1.55. The number of nitrogens with one attached hydrogen (secondary N) is 1. The van der Waals surface area contributed by atoms with E-state index in [1.165, 1.54) is 12.4 Å². The summed E-state index contributed by atoms with van der Waals surface area (Å²) in [6.45, 7) is 4.47. The van der Waals surface area contributed by atoms with Gasteiger partial charge in [0, 0.05) is 18.7 Å². The average Bonchev–Trinajstić information content (AvgIpc) is 3.34. The molecule has 0 unspecified atom stereocenters. The molecule has 0 bridgehead atoms. The minimum Gasteiger partial charge on any atom is -0.457 e. The van der Waals surface area contributed by atoms with Crippen LogP contribution < -0.4 is 10.1 Å². The quantitative estimate of drug-likeness (QED) is 0.343. The molecule has 0 spiro atoms. The lowest BCUT2D eigenvalue weighted by Gasteiger charge is -2.32. The highest BCUT2D eigenvalue weighted by Gasteiger charge is 2.28. The number of anilines is 1. The lowest BCUT2D eigenvalue weighted by atomic mass is 10.1. The van der Waals surface area contributed by atoms with Crippen LogP contribution in [0.1, 0.15) is 25.3 Å². The number of fused-ring (bicyclic) bond motifs is 1. The van der Waals surface area contributed by atoms with Gasteiger partial charge in [0.2, 0.25) is 11.8 Å². The Hall–Kier alpha value is -4.57. The molecule has 2 aromatic carbocycles. The van der Waals surface area contributed by atoms with Gasteiger partial charge in [-0.3, -0.25) is 9.59 Å². The number of nitrogens with zero attached hydrogens (tertiary/aromatic N) is 5. The van der Waals surface area contributed by atoms with Crippen LogP contribution in [0.25, 0.3) is 22.3 Å². The number of aliphatic hydroxyl groups is 1. The van der Waals surface area contributed by atoms with Gasteiger partial charge in [0.1, 0.15) is 29.3 Å². The number of carbonyl (C=O) groups is 2. The van der Waals surface area contributed by atoms with Gasteiger partial charge in [-0.15, -0.1) is 0 Å². The van der Waals surface area contributed by atoms with E-state index in [-0.39, 0.29) is 30.9 Å². The van der Waals surface area contributed by atoms with E-state index >= 15 is 0 Å². The fourth-order valence-corrected chi connectivity index (χ4v) is 4.61. The molecule has 1 atom stereocenters. The first kappa shape index (κ1) is 25.1. The number of benzene rings is 2. The largest absolute Gasteiger partial charge is 0.457 e. The molecule has 0 saturated carbocycles. The Kier molecular flexibility index (Phi) is 7.41.